The van der Waals surface area contributed by atoms with Gasteiger partial charge in [0.05, 0.1) is 13.2 Å². The number of nitrogens with one attached hydrogen (secondary N) is 2. The third-order valence-electron chi connectivity index (χ3n) is 5.50. The average Bonchev–Trinajstić information content (AvgIpc) is 3.28. The second-order valence-electron chi connectivity index (χ2n) is 7.71. The highest BCUT2D eigenvalue weighted by Gasteiger charge is 2.22. The van der Waals surface area contributed by atoms with Crippen LogP contribution in [0, 0.1) is 5.92 Å². The van der Waals surface area contributed by atoms with Gasteiger partial charge >= 0.3 is 0 Å². The Morgan fingerprint density at radius 3 is 2.55 bits per heavy atom. The van der Waals surface area contributed by atoms with Gasteiger partial charge in [-0.1, -0.05) is 24.3 Å². The number of ether oxygens (including phenoxy) is 2. The molecule has 1 aliphatic heterocycles. The smallest absolute Gasteiger partial charge is 0.190 e. The number of para-hydroxylation sites is 1. The second-order valence-corrected chi connectivity index (χ2v) is 7.71. The van der Waals surface area contributed by atoms with E-state index in [0.29, 0.717) is 19.1 Å². The Bertz CT molecular complexity index is 826. The van der Waals surface area contributed by atoms with Gasteiger partial charge in [0.15, 0.2) is 17.5 Å². The first-order valence-corrected chi connectivity index (χ1v) is 11.4. The lowest BCUT2D eigenvalue weighted by molar-refractivity contribution is 0.287. The molecule has 0 aromatic heterocycles. The van der Waals surface area contributed by atoms with Crippen LogP contribution in [0.5, 0.6) is 11.5 Å². The molecule has 1 heterocycles. The highest BCUT2D eigenvalue weighted by atomic mass is 16.5. The van der Waals surface area contributed by atoms with Gasteiger partial charge < -0.3 is 25.0 Å². The van der Waals surface area contributed by atoms with Gasteiger partial charge in [0.1, 0.15) is 0 Å². The van der Waals surface area contributed by atoms with Crippen molar-refractivity contribution in [2.75, 3.05) is 51.3 Å². The molecular formula is C25H36N4O2. The predicted octanol–water partition coefficient (Wildman–Crippen LogP) is 3.72. The van der Waals surface area contributed by atoms with Crippen LogP contribution in [0.2, 0.25) is 0 Å². The molecule has 168 valence electrons. The molecule has 1 aliphatic rings. The fourth-order valence-electron chi connectivity index (χ4n) is 3.91. The SMILES string of the molecule is CCOc1ccc(CCNC(=NC)NCC2CCN(c3ccccc3)C2)cc1OCC. The van der Waals surface area contributed by atoms with E-state index < -0.39 is 0 Å². The van der Waals surface area contributed by atoms with Gasteiger partial charge in [-0.05, 0) is 62.4 Å². The largest absolute Gasteiger partial charge is 0.490 e. The van der Waals surface area contributed by atoms with Crippen LogP contribution in [-0.4, -0.2) is 52.4 Å². The maximum Gasteiger partial charge on any atom is 0.190 e. The Morgan fingerprint density at radius 1 is 1.03 bits per heavy atom. The Morgan fingerprint density at radius 2 is 1.81 bits per heavy atom. The lowest BCUT2D eigenvalue weighted by Crippen LogP contribution is -2.41. The number of hydrogen-bond acceptors (Lipinski definition) is 4. The highest BCUT2D eigenvalue weighted by Crippen LogP contribution is 2.28. The number of guanidine groups is 1. The van der Waals surface area contributed by atoms with Gasteiger partial charge in [0.25, 0.3) is 0 Å². The minimum atomic E-state index is 0.624. The predicted molar refractivity (Wildman–Crippen MR) is 129 cm³/mol. The molecule has 0 aliphatic carbocycles. The van der Waals surface area contributed by atoms with Crippen LogP contribution in [0.15, 0.2) is 53.5 Å². The van der Waals surface area contributed by atoms with E-state index >= 15 is 0 Å². The standard InChI is InChI=1S/C25H36N4O2/c1-4-30-23-12-11-20(17-24(23)31-5-2)13-15-27-25(26-3)28-18-21-14-16-29(19-21)22-9-7-6-8-10-22/h6-12,17,21H,4-5,13-16,18-19H2,1-3H3,(H2,26,27,28). The summed E-state index contributed by atoms with van der Waals surface area (Å²) in [6.45, 7) is 9.16. The van der Waals surface area contributed by atoms with Crippen molar-refractivity contribution in [2.24, 2.45) is 10.9 Å². The Kier molecular flexibility index (Phi) is 8.88. The third-order valence-corrected chi connectivity index (χ3v) is 5.50. The van der Waals surface area contributed by atoms with Crippen LogP contribution in [0.25, 0.3) is 0 Å². The third kappa shape index (κ3) is 6.81. The molecule has 0 radical (unpaired) electrons. The van der Waals surface area contributed by atoms with Gasteiger partial charge in [0, 0.05) is 38.9 Å². The molecule has 2 N–H and O–H groups in total. The summed E-state index contributed by atoms with van der Waals surface area (Å²) >= 11 is 0. The molecule has 1 saturated heterocycles. The number of hydrogen-bond donors (Lipinski definition) is 2. The average molecular weight is 425 g/mol. The van der Waals surface area contributed by atoms with Crippen LogP contribution >= 0.6 is 0 Å². The molecule has 2 aromatic rings. The zero-order chi connectivity index (χ0) is 21.9. The highest BCUT2D eigenvalue weighted by molar-refractivity contribution is 5.79. The van der Waals surface area contributed by atoms with E-state index in [9.17, 15) is 0 Å². The lowest BCUT2D eigenvalue weighted by Gasteiger charge is -2.19. The summed E-state index contributed by atoms with van der Waals surface area (Å²) in [5.41, 5.74) is 2.53. The summed E-state index contributed by atoms with van der Waals surface area (Å²) in [4.78, 5) is 6.84. The zero-order valence-corrected chi connectivity index (χ0v) is 19.1. The van der Waals surface area contributed by atoms with E-state index in [2.05, 4.69) is 63.0 Å². The normalized spacial score (nSPS) is 16.3. The van der Waals surface area contributed by atoms with Gasteiger partial charge in [-0.15, -0.1) is 0 Å². The number of aliphatic imine (C=N–C) groups is 1. The Balaban J connectivity index is 1.42. The monoisotopic (exact) mass is 424 g/mol. The first-order valence-electron chi connectivity index (χ1n) is 11.4. The number of benzene rings is 2. The Labute approximate surface area is 186 Å². The van der Waals surface area contributed by atoms with Crippen molar-refractivity contribution in [3.8, 4) is 11.5 Å². The molecule has 1 atom stereocenters. The van der Waals surface area contributed by atoms with E-state index in [0.717, 1.165) is 50.1 Å². The van der Waals surface area contributed by atoms with Crippen LogP contribution in [-0.2, 0) is 6.42 Å². The van der Waals surface area contributed by atoms with Crippen LogP contribution < -0.4 is 25.0 Å². The maximum absolute atomic E-state index is 5.73. The summed E-state index contributed by atoms with van der Waals surface area (Å²) in [6.07, 6.45) is 2.09. The molecular weight excluding hydrogens is 388 g/mol. The molecule has 6 heteroatoms. The van der Waals surface area contributed by atoms with Gasteiger partial charge in [-0.3, -0.25) is 4.99 Å². The van der Waals surface area contributed by atoms with E-state index in [1.165, 1.54) is 17.7 Å². The minimum Gasteiger partial charge on any atom is -0.490 e. The fraction of sp³-hybridized carbons (Fsp3) is 0.480. The van der Waals surface area contributed by atoms with Crippen molar-refractivity contribution in [3.63, 3.8) is 0 Å². The van der Waals surface area contributed by atoms with Crippen molar-refractivity contribution >= 4 is 11.6 Å². The first kappa shape index (κ1) is 22.8. The van der Waals surface area contributed by atoms with Crippen molar-refractivity contribution in [1.29, 1.82) is 0 Å². The second kappa shape index (κ2) is 12.1. The number of nitrogens with zero attached hydrogens (tertiary/aromatic N) is 2. The molecule has 2 aromatic carbocycles. The Hall–Kier alpha value is -2.89. The molecule has 1 unspecified atom stereocenters. The lowest BCUT2D eigenvalue weighted by atomic mass is 10.1. The first-order chi connectivity index (χ1) is 15.2. The van der Waals surface area contributed by atoms with Crippen molar-refractivity contribution < 1.29 is 9.47 Å². The fourth-order valence-corrected chi connectivity index (χ4v) is 3.91. The van der Waals surface area contributed by atoms with Crippen molar-refractivity contribution in [1.82, 2.24) is 10.6 Å². The quantitative estimate of drug-likeness (QED) is 0.450. The van der Waals surface area contributed by atoms with Crippen LogP contribution in [0.4, 0.5) is 5.69 Å². The van der Waals surface area contributed by atoms with Crippen molar-refractivity contribution in [2.45, 2.75) is 26.7 Å². The molecule has 1 fully saturated rings. The summed E-state index contributed by atoms with van der Waals surface area (Å²) in [5.74, 6) is 3.10. The van der Waals surface area contributed by atoms with E-state index in [-0.39, 0.29) is 0 Å². The van der Waals surface area contributed by atoms with E-state index in [1.807, 2.05) is 27.0 Å². The minimum absolute atomic E-state index is 0.624. The van der Waals surface area contributed by atoms with Gasteiger partial charge in [-0.25, -0.2) is 0 Å². The van der Waals surface area contributed by atoms with E-state index in [4.69, 9.17) is 9.47 Å². The van der Waals surface area contributed by atoms with Crippen molar-refractivity contribution in [3.05, 3.63) is 54.1 Å². The summed E-state index contributed by atoms with van der Waals surface area (Å²) in [7, 11) is 1.82. The molecule has 0 saturated carbocycles. The maximum atomic E-state index is 5.73. The molecule has 0 bridgehead atoms. The number of rotatable bonds is 10. The molecule has 3 rings (SSSR count). The summed E-state index contributed by atoms with van der Waals surface area (Å²) in [5, 5.41) is 6.92. The molecule has 6 nitrogen and oxygen atoms in total. The van der Waals surface area contributed by atoms with E-state index in [1.54, 1.807) is 0 Å². The van der Waals surface area contributed by atoms with Crippen LogP contribution in [0.3, 0.4) is 0 Å². The summed E-state index contributed by atoms with van der Waals surface area (Å²) < 4.78 is 11.4. The molecule has 0 amide bonds. The number of anilines is 1. The topological polar surface area (TPSA) is 58.1 Å². The zero-order valence-electron chi connectivity index (χ0n) is 19.1. The van der Waals surface area contributed by atoms with Gasteiger partial charge in [-0.2, -0.15) is 0 Å². The van der Waals surface area contributed by atoms with Gasteiger partial charge in [0.2, 0.25) is 0 Å². The molecule has 0 spiro atoms. The summed E-state index contributed by atoms with van der Waals surface area (Å²) in [6, 6.07) is 16.8. The molecule has 31 heavy (non-hydrogen) atoms. The van der Waals surface area contributed by atoms with Crippen LogP contribution in [0.1, 0.15) is 25.8 Å².